The molecule has 30 heavy (non-hydrogen) atoms. The van der Waals surface area contributed by atoms with Crippen molar-refractivity contribution in [1.82, 2.24) is 0 Å². The van der Waals surface area contributed by atoms with Crippen molar-refractivity contribution in [3.8, 4) is 19.5 Å². The maximum atomic E-state index is 2.47. The number of hydrogen-bond donors (Lipinski definition) is 0. The van der Waals surface area contributed by atoms with Gasteiger partial charge >= 0.3 is 0 Å². The van der Waals surface area contributed by atoms with Gasteiger partial charge in [0.1, 0.15) is 0 Å². The summed E-state index contributed by atoms with van der Waals surface area (Å²) in [6, 6.07) is 0. The summed E-state index contributed by atoms with van der Waals surface area (Å²) in [6.07, 6.45) is 13.9. The standard InChI is InChI=1S/C27H36S3/c1-5-9-12-18-16-28-24(20(18)7-3)27-23(14-10-6-2)21(8-4)26(30-27)25-22-15-11-13-19(22)17-29-25/h16-17H,5-15H2,1-4H3. The van der Waals surface area contributed by atoms with E-state index in [0.717, 1.165) is 12.8 Å². The van der Waals surface area contributed by atoms with Crippen LogP contribution in [0.25, 0.3) is 19.5 Å². The van der Waals surface area contributed by atoms with Crippen LogP contribution < -0.4 is 0 Å². The summed E-state index contributed by atoms with van der Waals surface area (Å²) in [5.41, 5.74) is 9.90. The van der Waals surface area contributed by atoms with E-state index in [-0.39, 0.29) is 0 Å². The minimum absolute atomic E-state index is 1.16. The average molecular weight is 457 g/mol. The molecule has 0 aliphatic heterocycles. The largest absolute Gasteiger partial charge is 0.142 e. The Balaban J connectivity index is 1.85. The van der Waals surface area contributed by atoms with Crippen molar-refractivity contribution in [3.05, 3.63) is 44.1 Å². The van der Waals surface area contributed by atoms with Crippen molar-refractivity contribution in [2.24, 2.45) is 0 Å². The molecule has 0 saturated carbocycles. The van der Waals surface area contributed by atoms with Crippen LogP contribution in [0.5, 0.6) is 0 Å². The van der Waals surface area contributed by atoms with Gasteiger partial charge in [-0.2, -0.15) is 0 Å². The van der Waals surface area contributed by atoms with E-state index in [0.29, 0.717) is 0 Å². The van der Waals surface area contributed by atoms with Crippen molar-refractivity contribution < 1.29 is 0 Å². The lowest BCUT2D eigenvalue weighted by atomic mass is 9.96. The van der Waals surface area contributed by atoms with Gasteiger partial charge in [0, 0.05) is 19.5 Å². The number of fused-ring (bicyclic) bond motifs is 1. The van der Waals surface area contributed by atoms with Crippen LogP contribution in [0.3, 0.4) is 0 Å². The van der Waals surface area contributed by atoms with E-state index in [9.17, 15) is 0 Å². The molecule has 1 aliphatic rings. The van der Waals surface area contributed by atoms with E-state index in [1.165, 1.54) is 57.8 Å². The molecule has 1 aliphatic carbocycles. The lowest BCUT2D eigenvalue weighted by Gasteiger charge is -2.09. The molecule has 3 aromatic rings. The summed E-state index contributed by atoms with van der Waals surface area (Å²) >= 11 is 6.16. The second kappa shape index (κ2) is 10.1. The molecule has 3 heteroatoms. The quantitative estimate of drug-likeness (QED) is 0.285. The number of hydrogen-bond acceptors (Lipinski definition) is 3. The molecule has 0 fully saturated rings. The fourth-order valence-electron chi connectivity index (χ4n) is 4.98. The average Bonchev–Trinajstić information content (AvgIpc) is 3.52. The molecule has 0 unspecified atom stereocenters. The van der Waals surface area contributed by atoms with E-state index in [1.807, 2.05) is 22.7 Å². The van der Waals surface area contributed by atoms with Crippen molar-refractivity contribution in [2.45, 2.75) is 98.3 Å². The summed E-state index contributed by atoms with van der Waals surface area (Å²) in [7, 11) is 0. The highest BCUT2D eigenvalue weighted by atomic mass is 32.1. The monoisotopic (exact) mass is 456 g/mol. The Bertz CT molecular complexity index is 982. The third-order valence-corrected chi connectivity index (χ3v) is 10.4. The highest BCUT2D eigenvalue weighted by molar-refractivity contribution is 7.26. The summed E-state index contributed by atoms with van der Waals surface area (Å²) in [4.78, 5) is 6.42. The molecule has 0 spiro atoms. The van der Waals surface area contributed by atoms with E-state index in [2.05, 4.69) is 49.8 Å². The molecule has 0 bridgehead atoms. The highest BCUT2D eigenvalue weighted by Crippen LogP contribution is 2.50. The maximum Gasteiger partial charge on any atom is 0.0487 e. The fourth-order valence-corrected chi connectivity index (χ4v) is 9.19. The summed E-state index contributed by atoms with van der Waals surface area (Å²) in [5.74, 6) is 0. The van der Waals surface area contributed by atoms with Crippen LogP contribution in [0, 0.1) is 0 Å². The first-order chi connectivity index (χ1) is 14.7. The van der Waals surface area contributed by atoms with Crippen molar-refractivity contribution in [3.63, 3.8) is 0 Å². The third kappa shape index (κ3) is 4.10. The van der Waals surface area contributed by atoms with E-state index in [1.54, 1.807) is 52.9 Å². The molecule has 0 nitrogen and oxygen atoms in total. The topological polar surface area (TPSA) is 0 Å². The minimum Gasteiger partial charge on any atom is -0.142 e. The van der Waals surface area contributed by atoms with Crippen molar-refractivity contribution in [1.29, 1.82) is 0 Å². The molecule has 0 saturated heterocycles. The fraction of sp³-hybridized carbons (Fsp3) is 0.556. The Hall–Kier alpha value is -0.900. The van der Waals surface area contributed by atoms with Crippen molar-refractivity contribution >= 4 is 34.0 Å². The van der Waals surface area contributed by atoms with Crippen LogP contribution in [0.15, 0.2) is 10.8 Å². The zero-order valence-corrected chi connectivity index (χ0v) is 21.6. The molecule has 162 valence electrons. The van der Waals surface area contributed by atoms with Gasteiger partial charge in [-0.25, -0.2) is 0 Å². The molecule has 0 aromatic carbocycles. The first-order valence-corrected chi connectivity index (χ1v) is 14.6. The van der Waals surface area contributed by atoms with Crippen LogP contribution in [0.4, 0.5) is 0 Å². The van der Waals surface area contributed by atoms with Gasteiger partial charge in [0.2, 0.25) is 0 Å². The van der Waals surface area contributed by atoms with Gasteiger partial charge in [0.15, 0.2) is 0 Å². The minimum atomic E-state index is 1.16. The van der Waals surface area contributed by atoms with Crippen LogP contribution in [0.1, 0.15) is 93.2 Å². The molecule has 0 radical (unpaired) electrons. The zero-order chi connectivity index (χ0) is 21.1. The third-order valence-electron chi connectivity index (χ3n) is 6.65. The van der Waals surface area contributed by atoms with Gasteiger partial charge in [0.05, 0.1) is 0 Å². The Labute approximate surface area is 195 Å². The lowest BCUT2D eigenvalue weighted by molar-refractivity contribution is 0.789. The van der Waals surface area contributed by atoms with Gasteiger partial charge in [0.25, 0.3) is 0 Å². The molecule has 4 rings (SSSR count). The molecule has 0 atom stereocenters. The first kappa shape index (κ1) is 22.3. The first-order valence-electron chi connectivity index (χ1n) is 12.1. The van der Waals surface area contributed by atoms with E-state index >= 15 is 0 Å². The Morgan fingerprint density at radius 1 is 0.700 bits per heavy atom. The Morgan fingerprint density at radius 2 is 1.40 bits per heavy atom. The smallest absolute Gasteiger partial charge is 0.0487 e. The van der Waals surface area contributed by atoms with Gasteiger partial charge in [-0.3, -0.25) is 0 Å². The molecule has 0 amide bonds. The Kier molecular flexibility index (Phi) is 7.54. The second-order valence-corrected chi connectivity index (χ2v) is 11.4. The molecular formula is C27H36S3. The summed E-state index contributed by atoms with van der Waals surface area (Å²) in [6.45, 7) is 9.37. The summed E-state index contributed by atoms with van der Waals surface area (Å²) in [5, 5.41) is 4.93. The number of aryl methyl sites for hydroxylation is 2. The van der Waals surface area contributed by atoms with Crippen molar-refractivity contribution in [2.75, 3.05) is 0 Å². The zero-order valence-electron chi connectivity index (χ0n) is 19.2. The van der Waals surface area contributed by atoms with Gasteiger partial charge < -0.3 is 0 Å². The molecular weight excluding hydrogens is 420 g/mol. The highest BCUT2D eigenvalue weighted by Gasteiger charge is 2.26. The van der Waals surface area contributed by atoms with Crippen LogP contribution >= 0.6 is 34.0 Å². The van der Waals surface area contributed by atoms with Gasteiger partial charge in [-0.1, -0.05) is 40.5 Å². The Morgan fingerprint density at radius 3 is 2.13 bits per heavy atom. The number of thiophene rings is 3. The number of rotatable bonds is 10. The van der Waals surface area contributed by atoms with Gasteiger partial charge in [-0.15, -0.1) is 34.0 Å². The van der Waals surface area contributed by atoms with Gasteiger partial charge in [-0.05, 0) is 102 Å². The summed E-state index contributed by atoms with van der Waals surface area (Å²) < 4.78 is 0. The SMILES string of the molecule is CCCCc1csc(-c2sc(-c3scc4c3CCC4)c(CC)c2CCCC)c1CC. The normalized spacial score (nSPS) is 13.3. The maximum absolute atomic E-state index is 2.47. The predicted octanol–water partition coefficient (Wildman–Crippen LogP) is 9.50. The molecule has 3 aromatic heterocycles. The number of unbranched alkanes of at least 4 members (excludes halogenated alkanes) is 2. The van der Waals surface area contributed by atoms with Crippen LogP contribution in [-0.2, 0) is 38.5 Å². The molecule has 3 heterocycles. The van der Waals surface area contributed by atoms with Crippen LogP contribution in [0.2, 0.25) is 0 Å². The molecule has 0 N–H and O–H groups in total. The second-order valence-electron chi connectivity index (χ2n) is 8.62. The van der Waals surface area contributed by atoms with Crippen LogP contribution in [-0.4, -0.2) is 0 Å². The van der Waals surface area contributed by atoms with E-state index in [4.69, 9.17) is 0 Å². The lowest BCUT2D eigenvalue weighted by Crippen LogP contribution is -1.94. The van der Waals surface area contributed by atoms with E-state index < -0.39 is 0 Å². The predicted molar refractivity (Wildman–Crippen MR) is 139 cm³/mol.